The van der Waals surface area contributed by atoms with E-state index in [0.717, 1.165) is 12.8 Å². The van der Waals surface area contributed by atoms with E-state index in [9.17, 15) is 9.59 Å². The third kappa shape index (κ3) is 3.85. The molecule has 5 heteroatoms. The van der Waals surface area contributed by atoms with Crippen LogP contribution in [-0.2, 0) is 0 Å². The Morgan fingerprint density at radius 1 is 1.30 bits per heavy atom. The zero-order valence-corrected chi connectivity index (χ0v) is 11.9. The second kappa shape index (κ2) is 7.33. The molecule has 0 aromatic heterocycles. The van der Waals surface area contributed by atoms with E-state index in [1.165, 1.54) is 11.0 Å². The highest BCUT2D eigenvalue weighted by atomic mass is 16.4. The van der Waals surface area contributed by atoms with Crippen molar-refractivity contribution in [1.82, 2.24) is 4.90 Å². The number of aromatic carboxylic acids is 1. The molecule has 1 rings (SSSR count). The van der Waals surface area contributed by atoms with Crippen LogP contribution in [0.25, 0.3) is 0 Å². The number of hydrogen-bond donors (Lipinski definition) is 1. The minimum absolute atomic E-state index is 0.114. The Kier molecular flexibility index (Phi) is 5.77. The van der Waals surface area contributed by atoms with Gasteiger partial charge in [0.05, 0.1) is 11.3 Å². The summed E-state index contributed by atoms with van der Waals surface area (Å²) in [5.74, 6) is -1.05. The Morgan fingerprint density at radius 2 is 1.95 bits per heavy atom. The Morgan fingerprint density at radius 3 is 2.55 bits per heavy atom. The lowest BCUT2D eigenvalue weighted by Crippen LogP contribution is -2.39. The lowest BCUT2D eigenvalue weighted by Gasteiger charge is -2.25. The summed E-state index contributed by atoms with van der Waals surface area (Å²) in [6, 6.07) is 6.23. The topological polar surface area (TPSA) is 60.9 Å². The van der Waals surface area contributed by atoms with Crippen molar-refractivity contribution in [3.63, 3.8) is 0 Å². The summed E-state index contributed by atoms with van der Waals surface area (Å²) in [7, 11) is 3.28. The summed E-state index contributed by atoms with van der Waals surface area (Å²) in [4.78, 5) is 26.3. The minimum atomic E-state index is -1.05. The van der Waals surface area contributed by atoms with Gasteiger partial charge in [0.1, 0.15) is 0 Å². The molecule has 1 N–H and O–H groups in total. The van der Waals surface area contributed by atoms with Crippen LogP contribution in [0.15, 0.2) is 36.9 Å². The van der Waals surface area contributed by atoms with E-state index >= 15 is 0 Å². The van der Waals surface area contributed by atoms with Crippen LogP contribution in [0.2, 0.25) is 0 Å². The molecule has 0 fully saturated rings. The van der Waals surface area contributed by atoms with Crippen molar-refractivity contribution in [2.24, 2.45) is 0 Å². The Bertz CT molecular complexity index is 500. The second-order valence-corrected chi connectivity index (χ2v) is 4.52. The fourth-order valence-corrected chi connectivity index (χ4v) is 1.87. The number of amides is 2. The van der Waals surface area contributed by atoms with Crippen LogP contribution >= 0.6 is 0 Å². The molecule has 0 aliphatic heterocycles. The van der Waals surface area contributed by atoms with Gasteiger partial charge in [-0.25, -0.2) is 9.59 Å². The zero-order chi connectivity index (χ0) is 15.1. The van der Waals surface area contributed by atoms with Gasteiger partial charge in [-0.3, -0.25) is 4.90 Å². The van der Waals surface area contributed by atoms with Crippen molar-refractivity contribution < 1.29 is 14.7 Å². The second-order valence-electron chi connectivity index (χ2n) is 4.52. The monoisotopic (exact) mass is 276 g/mol. The van der Waals surface area contributed by atoms with Crippen molar-refractivity contribution in [3.05, 3.63) is 42.5 Å². The predicted octanol–water partition coefficient (Wildman–Crippen LogP) is 2.84. The Balaban J connectivity index is 2.83. The van der Waals surface area contributed by atoms with Gasteiger partial charge in [-0.05, 0) is 25.0 Å². The molecule has 0 heterocycles. The lowest BCUT2D eigenvalue weighted by atomic mass is 10.1. The first-order chi connectivity index (χ1) is 9.49. The molecule has 1 aromatic rings. The SMILES string of the molecule is C=CCCCN(C)C(=O)N(C)c1ccccc1C(=O)O. The van der Waals surface area contributed by atoms with E-state index in [1.807, 2.05) is 6.08 Å². The van der Waals surface area contributed by atoms with Gasteiger partial charge in [0.2, 0.25) is 0 Å². The fraction of sp³-hybridized carbons (Fsp3) is 0.333. The van der Waals surface area contributed by atoms with E-state index in [2.05, 4.69) is 6.58 Å². The van der Waals surface area contributed by atoms with E-state index in [1.54, 1.807) is 37.2 Å². The first-order valence-corrected chi connectivity index (χ1v) is 6.41. The molecular weight excluding hydrogens is 256 g/mol. The van der Waals surface area contributed by atoms with Gasteiger partial charge in [0.25, 0.3) is 0 Å². The molecule has 0 bridgehead atoms. The van der Waals surface area contributed by atoms with Gasteiger partial charge < -0.3 is 10.0 Å². The van der Waals surface area contributed by atoms with Crippen LogP contribution in [0, 0.1) is 0 Å². The summed E-state index contributed by atoms with van der Waals surface area (Å²) in [6.45, 7) is 4.24. The van der Waals surface area contributed by atoms with Gasteiger partial charge in [-0.2, -0.15) is 0 Å². The number of hydrogen-bond acceptors (Lipinski definition) is 2. The number of carbonyl (C=O) groups excluding carboxylic acids is 1. The third-order valence-corrected chi connectivity index (χ3v) is 3.01. The van der Waals surface area contributed by atoms with Gasteiger partial charge in [-0.15, -0.1) is 6.58 Å². The molecule has 0 atom stereocenters. The summed E-state index contributed by atoms with van der Waals surface area (Å²) < 4.78 is 0. The molecule has 2 amide bonds. The molecule has 0 radical (unpaired) electrons. The number of allylic oxidation sites excluding steroid dienone is 1. The van der Waals surface area contributed by atoms with E-state index in [4.69, 9.17) is 5.11 Å². The van der Waals surface area contributed by atoms with Gasteiger partial charge >= 0.3 is 12.0 Å². The Hall–Kier alpha value is -2.30. The van der Waals surface area contributed by atoms with Crippen LogP contribution in [0.1, 0.15) is 23.2 Å². The fourth-order valence-electron chi connectivity index (χ4n) is 1.87. The van der Waals surface area contributed by atoms with Gasteiger partial charge in [0.15, 0.2) is 0 Å². The number of rotatable bonds is 6. The molecule has 20 heavy (non-hydrogen) atoms. The molecule has 0 saturated carbocycles. The summed E-state index contributed by atoms with van der Waals surface area (Å²) in [5.41, 5.74) is 0.503. The highest BCUT2D eigenvalue weighted by Crippen LogP contribution is 2.20. The maximum Gasteiger partial charge on any atom is 0.337 e. The number of unbranched alkanes of at least 4 members (excludes halogenated alkanes) is 1. The molecule has 0 aliphatic rings. The van der Waals surface area contributed by atoms with Crippen LogP contribution in [-0.4, -0.2) is 42.6 Å². The lowest BCUT2D eigenvalue weighted by molar-refractivity contribution is 0.0697. The predicted molar refractivity (Wildman–Crippen MR) is 79.3 cm³/mol. The Labute approximate surface area is 119 Å². The van der Waals surface area contributed by atoms with E-state index < -0.39 is 5.97 Å². The average Bonchev–Trinajstić information content (AvgIpc) is 2.45. The normalized spacial score (nSPS) is 9.90. The quantitative estimate of drug-likeness (QED) is 0.642. The molecule has 0 spiro atoms. The van der Waals surface area contributed by atoms with Crippen molar-refractivity contribution in [2.45, 2.75) is 12.8 Å². The number of nitrogens with zero attached hydrogens (tertiary/aromatic N) is 2. The zero-order valence-electron chi connectivity index (χ0n) is 11.9. The summed E-state index contributed by atoms with van der Waals surface area (Å²) >= 11 is 0. The highest BCUT2D eigenvalue weighted by Gasteiger charge is 2.20. The number of para-hydroxylation sites is 1. The van der Waals surface area contributed by atoms with Crippen LogP contribution in [0.5, 0.6) is 0 Å². The number of urea groups is 1. The number of carboxylic acids is 1. The molecule has 108 valence electrons. The highest BCUT2D eigenvalue weighted by molar-refractivity contribution is 6.00. The van der Waals surface area contributed by atoms with Crippen LogP contribution in [0.4, 0.5) is 10.5 Å². The smallest absolute Gasteiger partial charge is 0.337 e. The summed E-state index contributed by atoms with van der Waals surface area (Å²) in [5, 5.41) is 9.15. The molecule has 0 aliphatic carbocycles. The first kappa shape index (κ1) is 15.8. The third-order valence-electron chi connectivity index (χ3n) is 3.01. The van der Waals surface area contributed by atoms with E-state index in [-0.39, 0.29) is 11.6 Å². The maximum atomic E-state index is 12.2. The van der Waals surface area contributed by atoms with Crippen molar-refractivity contribution >= 4 is 17.7 Å². The molecule has 0 saturated heterocycles. The minimum Gasteiger partial charge on any atom is -0.478 e. The number of carboxylic acid groups (broad SMARTS) is 1. The van der Waals surface area contributed by atoms with Crippen LogP contribution in [0.3, 0.4) is 0 Å². The van der Waals surface area contributed by atoms with Crippen molar-refractivity contribution in [2.75, 3.05) is 25.5 Å². The standard InChI is InChI=1S/C15H20N2O3/c1-4-5-8-11-16(2)15(20)17(3)13-10-7-6-9-12(13)14(18)19/h4,6-7,9-10H,1,5,8,11H2,2-3H3,(H,18,19). The maximum absolute atomic E-state index is 12.2. The van der Waals surface area contributed by atoms with Gasteiger partial charge in [-0.1, -0.05) is 18.2 Å². The molecular formula is C15H20N2O3. The molecule has 5 nitrogen and oxygen atoms in total. The number of benzene rings is 1. The number of carbonyl (C=O) groups is 2. The molecule has 1 aromatic carbocycles. The molecule has 0 unspecified atom stereocenters. The first-order valence-electron chi connectivity index (χ1n) is 6.41. The van der Waals surface area contributed by atoms with Crippen LogP contribution < -0.4 is 4.90 Å². The number of anilines is 1. The summed E-state index contributed by atoms with van der Waals surface area (Å²) in [6.07, 6.45) is 3.48. The largest absolute Gasteiger partial charge is 0.478 e. The van der Waals surface area contributed by atoms with Gasteiger partial charge in [0, 0.05) is 20.6 Å². The van der Waals surface area contributed by atoms with E-state index in [0.29, 0.717) is 12.2 Å². The van der Waals surface area contributed by atoms with Crippen molar-refractivity contribution in [1.29, 1.82) is 0 Å². The average molecular weight is 276 g/mol. The van der Waals surface area contributed by atoms with Crippen molar-refractivity contribution in [3.8, 4) is 0 Å².